The van der Waals surface area contributed by atoms with Crippen LogP contribution >= 0.6 is 22.9 Å². The lowest BCUT2D eigenvalue weighted by Gasteiger charge is -2.19. The molecule has 1 aromatic heterocycles. The Hall–Kier alpha value is -1.73. The van der Waals surface area contributed by atoms with Gasteiger partial charge in [0.2, 0.25) is 10.0 Å². The monoisotopic (exact) mass is 432 g/mol. The Labute approximate surface area is 174 Å². The van der Waals surface area contributed by atoms with Crippen LogP contribution in [-0.4, -0.2) is 30.8 Å². The van der Waals surface area contributed by atoms with Crippen LogP contribution in [0.15, 0.2) is 58.8 Å². The summed E-state index contributed by atoms with van der Waals surface area (Å²) in [5.74, 6) is 0. The highest BCUT2D eigenvalue weighted by Gasteiger charge is 2.25. The van der Waals surface area contributed by atoms with Crippen LogP contribution in [0.1, 0.15) is 25.7 Å². The second-order valence-electron chi connectivity index (χ2n) is 6.89. The SMILES string of the molecule is O=S(=O)(c1ccc(-c2csc(-c3ccc(Cl)cc3)n2)cc1)N1CCCCCC1. The lowest BCUT2D eigenvalue weighted by molar-refractivity contribution is 0.424. The summed E-state index contributed by atoms with van der Waals surface area (Å²) in [7, 11) is -3.42. The highest BCUT2D eigenvalue weighted by Crippen LogP contribution is 2.30. The summed E-state index contributed by atoms with van der Waals surface area (Å²) in [4.78, 5) is 5.04. The maximum Gasteiger partial charge on any atom is 0.243 e. The number of hydrogen-bond acceptors (Lipinski definition) is 4. The summed E-state index contributed by atoms with van der Waals surface area (Å²) in [6.45, 7) is 1.22. The second kappa shape index (κ2) is 8.33. The first kappa shape index (κ1) is 19.6. The molecule has 0 radical (unpaired) electrons. The predicted molar refractivity (Wildman–Crippen MR) is 115 cm³/mol. The minimum absolute atomic E-state index is 0.353. The van der Waals surface area contributed by atoms with Crippen molar-refractivity contribution in [3.05, 3.63) is 58.9 Å². The van der Waals surface area contributed by atoms with Crippen LogP contribution < -0.4 is 0 Å². The number of aromatic nitrogens is 1. The summed E-state index contributed by atoms with van der Waals surface area (Å²) < 4.78 is 27.4. The molecule has 1 fully saturated rings. The van der Waals surface area contributed by atoms with Crippen LogP contribution in [0.3, 0.4) is 0 Å². The number of benzene rings is 2. The average Bonchev–Trinajstić information content (AvgIpc) is 3.03. The molecule has 3 aromatic rings. The van der Waals surface area contributed by atoms with E-state index in [4.69, 9.17) is 16.6 Å². The van der Waals surface area contributed by atoms with Crippen molar-refractivity contribution in [1.82, 2.24) is 9.29 Å². The first-order chi connectivity index (χ1) is 13.5. The van der Waals surface area contributed by atoms with E-state index in [1.807, 2.05) is 41.8 Å². The lowest BCUT2D eigenvalue weighted by Crippen LogP contribution is -2.31. The summed E-state index contributed by atoms with van der Waals surface area (Å²) in [5.41, 5.74) is 2.76. The van der Waals surface area contributed by atoms with Gasteiger partial charge in [0.15, 0.2) is 0 Å². The van der Waals surface area contributed by atoms with Crippen molar-refractivity contribution in [1.29, 1.82) is 0 Å². The molecular formula is C21H21ClN2O2S2. The zero-order valence-corrected chi connectivity index (χ0v) is 17.7. The number of hydrogen-bond donors (Lipinski definition) is 0. The molecule has 0 bridgehead atoms. The van der Waals surface area contributed by atoms with E-state index in [0.29, 0.717) is 23.0 Å². The van der Waals surface area contributed by atoms with Crippen molar-refractivity contribution < 1.29 is 8.42 Å². The van der Waals surface area contributed by atoms with Crippen molar-refractivity contribution in [2.75, 3.05) is 13.1 Å². The van der Waals surface area contributed by atoms with Crippen LogP contribution in [-0.2, 0) is 10.0 Å². The third-order valence-electron chi connectivity index (χ3n) is 4.95. The molecule has 1 aliphatic heterocycles. The predicted octanol–water partition coefficient (Wildman–Crippen LogP) is 5.70. The largest absolute Gasteiger partial charge is 0.243 e. The number of nitrogens with zero attached hydrogens (tertiary/aromatic N) is 2. The van der Waals surface area contributed by atoms with Gasteiger partial charge in [-0.1, -0.05) is 48.7 Å². The van der Waals surface area contributed by atoms with Crippen molar-refractivity contribution >= 4 is 33.0 Å². The molecule has 7 heteroatoms. The highest BCUT2D eigenvalue weighted by molar-refractivity contribution is 7.89. The molecule has 0 atom stereocenters. The van der Waals surface area contributed by atoms with Crippen molar-refractivity contribution in [2.24, 2.45) is 0 Å². The second-order valence-corrected chi connectivity index (χ2v) is 10.1. The summed E-state index contributed by atoms with van der Waals surface area (Å²) in [6, 6.07) is 14.6. The first-order valence-electron chi connectivity index (χ1n) is 9.36. The lowest BCUT2D eigenvalue weighted by atomic mass is 10.2. The number of sulfonamides is 1. The molecule has 28 heavy (non-hydrogen) atoms. The van der Waals surface area contributed by atoms with Crippen molar-refractivity contribution in [3.8, 4) is 21.8 Å². The minimum Gasteiger partial charge on any atom is -0.236 e. The molecule has 0 saturated carbocycles. The van der Waals surface area contributed by atoms with Gasteiger partial charge in [-0.05, 0) is 37.1 Å². The van der Waals surface area contributed by atoms with Crippen LogP contribution in [0.25, 0.3) is 21.8 Å². The van der Waals surface area contributed by atoms with Gasteiger partial charge in [-0.2, -0.15) is 4.31 Å². The van der Waals surface area contributed by atoms with Gasteiger partial charge in [0.1, 0.15) is 5.01 Å². The fourth-order valence-electron chi connectivity index (χ4n) is 3.36. The van der Waals surface area contributed by atoms with E-state index in [1.165, 1.54) is 0 Å². The van der Waals surface area contributed by atoms with Crippen molar-refractivity contribution in [3.63, 3.8) is 0 Å². The zero-order valence-electron chi connectivity index (χ0n) is 15.3. The summed E-state index contributed by atoms with van der Waals surface area (Å²) in [6.07, 6.45) is 4.07. The molecule has 0 spiro atoms. The van der Waals surface area contributed by atoms with Crippen LogP contribution in [0.4, 0.5) is 0 Å². The van der Waals surface area contributed by atoms with E-state index in [2.05, 4.69) is 0 Å². The molecule has 146 valence electrons. The quantitative estimate of drug-likeness (QED) is 0.531. The topological polar surface area (TPSA) is 50.3 Å². The average molecular weight is 433 g/mol. The van der Waals surface area contributed by atoms with Gasteiger partial charge in [0.05, 0.1) is 10.6 Å². The van der Waals surface area contributed by atoms with Gasteiger partial charge in [-0.3, -0.25) is 0 Å². The summed E-state index contributed by atoms with van der Waals surface area (Å²) >= 11 is 7.50. The first-order valence-corrected chi connectivity index (χ1v) is 12.1. The van der Waals surface area contributed by atoms with Crippen LogP contribution in [0, 0.1) is 0 Å². The maximum atomic E-state index is 12.9. The molecule has 0 amide bonds. The Balaban J connectivity index is 1.56. The van der Waals surface area contributed by atoms with Crippen LogP contribution in [0.2, 0.25) is 5.02 Å². The number of halogens is 1. The molecule has 4 rings (SSSR count). The van der Waals surface area contributed by atoms with E-state index >= 15 is 0 Å². The molecule has 1 aliphatic rings. The number of thiazole rings is 1. The Morgan fingerprint density at radius 1 is 0.857 bits per heavy atom. The molecule has 0 aliphatic carbocycles. The normalized spacial score (nSPS) is 16.0. The van der Waals surface area contributed by atoms with Gasteiger partial charge >= 0.3 is 0 Å². The standard InChI is InChI=1S/C21H21ClN2O2S2/c22-18-9-5-17(6-10-18)21-23-20(15-27-21)16-7-11-19(12-8-16)28(25,26)24-13-3-1-2-4-14-24/h5-12,15H,1-4,13-14H2. The van der Waals surface area contributed by atoms with E-state index in [0.717, 1.165) is 47.5 Å². The maximum absolute atomic E-state index is 12.9. The van der Waals surface area contributed by atoms with Gasteiger partial charge < -0.3 is 0 Å². The fourth-order valence-corrected chi connectivity index (χ4v) is 5.84. The van der Waals surface area contributed by atoms with Gasteiger partial charge in [-0.15, -0.1) is 11.3 Å². The Kier molecular flexibility index (Phi) is 5.83. The Bertz CT molecular complexity index is 1040. The smallest absolute Gasteiger partial charge is 0.236 e. The minimum atomic E-state index is -3.42. The fraction of sp³-hybridized carbons (Fsp3) is 0.286. The van der Waals surface area contributed by atoms with Gasteiger partial charge in [0.25, 0.3) is 0 Å². The van der Waals surface area contributed by atoms with E-state index in [9.17, 15) is 8.42 Å². The van der Waals surface area contributed by atoms with E-state index in [-0.39, 0.29) is 0 Å². The van der Waals surface area contributed by atoms with E-state index in [1.54, 1.807) is 27.8 Å². The third-order valence-corrected chi connectivity index (χ3v) is 8.00. The van der Waals surface area contributed by atoms with Gasteiger partial charge in [-0.25, -0.2) is 13.4 Å². The molecule has 2 aromatic carbocycles. The zero-order chi connectivity index (χ0) is 19.6. The third kappa shape index (κ3) is 4.15. The molecule has 1 saturated heterocycles. The van der Waals surface area contributed by atoms with Crippen molar-refractivity contribution in [2.45, 2.75) is 30.6 Å². The molecule has 2 heterocycles. The molecule has 4 nitrogen and oxygen atoms in total. The van der Waals surface area contributed by atoms with Gasteiger partial charge in [0, 0.05) is 34.6 Å². The molecule has 0 N–H and O–H groups in total. The highest BCUT2D eigenvalue weighted by atomic mass is 35.5. The Morgan fingerprint density at radius 2 is 1.46 bits per heavy atom. The Morgan fingerprint density at radius 3 is 2.11 bits per heavy atom. The van der Waals surface area contributed by atoms with E-state index < -0.39 is 10.0 Å². The van der Waals surface area contributed by atoms with Crippen LogP contribution in [0.5, 0.6) is 0 Å². The molecular weight excluding hydrogens is 412 g/mol. The number of rotatable bonds is 4. The summed E-state index contributed by atoms with van der Waals surface area (Å²) in [5, 5.41) is 3.59. The molecule has 0 unspecified atom stereocenters.